The Morgan fingerprint density at radius 1 is 1.16 bits per heavy atom. The number of benzene rings is 2. The van der Waals surface area contributed by atoms with Crippen molar-refractivity contribution in [1.82, 2.24) is 4.90 Å². The van der Waals surface area contributed by atoms with Crippen LogP contribution >= 0.6 is 0 Å². The van der Waals surface area contributed by atoms with Gasteiger partial charge < -0.3 is 28.6 Å². The zero-order valence-corrected chi connectivity index (χ0v) is 18.0. The SMILES string of the molecule is COc1ccc(Oc2c(C)oc3cc(OCC(=O)N4CCC[C@H]4CO)ccc3c2=O)cc1. The van der Waals surface area contributed by atoms with Crippen LogP contribution in [0.25, 0.3) is 11.0 Å². The van der Waals surface area contributed by atoms with E-state index < -0.39 is 0 Å². The van der Waals surface area contributed by atoms with Crippen molar-refractivity contribution in [3.05, 3.63) is 58.4 Å². The third kappa shape index (κ3) is 4.40. The Bertz CT molecular complexity index is 1170. The summed E-state index contributed by atoms with van der Waals surface area (Å²) in [5.74, 6) is 1.84. The number of rotatable bonds is 7. The first kappa shape index (κ1) is 21.7. The Kier molecular flexibility index (Phi) is 6.32. The van der Waals surface area contributed by atoms with Crippen LogP contribution < -0.4 is 19.6 Å². The van der Waals surface area contributed by atoms with Gasteiger partial charge in [0.2, 0.25) is 11.2 Å². The standard InChI is InChI=1S/C24H25NO7/c1-15-24(32-18-7-5-17(29-2)6-8-18)23(28)20-10-9-19(12-21(20)31-15)30-14-22(27)25-11-3-4-16(25)13-26/h5-10,12,16,26H,3-4,11,13-14H2,1-2H3/t16-/m0/s1. The molecule has 1 atom stereocenters. The van der Waals surface area contributed by atoms with Gasteiger partial charge >= 0.3 is 0 Å². The molecule has 168 valence electrons. The van der Waals surface area contributed by atoms with Crippen LogP contribution in [0, 0.1) is 6.92 Å². The van der Waals surface area contributed by atoms with Crippen molar-refractivity contribution in [2.24, 2.45) is 0 Å². The van der Waals surface area contributed by atoms with Gasteiger partial charge in [-0.05, 0) is 56.2 Å². The van der Waals surface area contributed by atoms with Crippen LogP contribution in [-0.2, 0) is 4.79 Å². The first-order valence-electron chi connectivity index (χ1n) is 10.4. The maximum absolute atomic E-state index is 13.0. The maximum atomic E-state index is 13.0. The van der Waals surface area contributed by atoms with E-state index in [9.17, 15) is 14.7 Å². The molecule has 3 aromatic rings. The van der Waals surface area contributed by atoms with Crippen molar-refractivity contribution in [3.63, 3.8) is 0 Å². The van der Waals surface area contributed by atoms with E-state index in [1.54, 1.807) is 61.4 Å². The number of carbonyl (C=O) groups is 1. The smallest absolute Gasteiger partial charge is 0.260 e. The van der Waals surface area contributed by atoms with Crippen molar-refractivity contribution in [2.75, 3.05) is 26.9 Å². The van der Waals surface area contributed by atoms with Crippen LogP contribution in [0.4, 0.5) is 0 Å². The number of nitrogens with zero attached hydrogens (tertiary/aromatic N) is 1. The van der Waals surface area contributed by atoms with Crippen molar-refractivity contribution in [3.8, 4) is 23.0 Å². The highest BCUT2D eigenvalue weighted by atomic mass is 16.5. The zero-order chi connectivity index (χ0) is 22.7. The zero-order valence-electron chi connectivity index (χ0n) is 18.0. The van der Waals surface area contributed by atoms with Crippen LogP contribution in [0.5, 0.6) is 23.0 Å². The summed E-state index contributed by atoms with van der Waals surface area (Å²) in [5, 5.41) is 9.73. The molecule has 1 aliphatic rings. The number of likely N-dealkylation sites (tertiary alicyclic amines) is 1. The van der Waals surface area contributed by atoms with E-state index in [1.165, 1.54) is 0 Å². The van der Waals surface area contributed by atoms with Crippen LogP contribution in [0.15, 0.2) is 51.7 Å². The number of aliphatic hydroxyl groups is 1. The van der Waals surface area contributed by atoms with E-state index >= 15 is 0 Å². The average molecular weight is 439 g/mol. The van der Waals surface area contributed by atoms with E-state index in [-0.39, 0.29) is 36.3 Å². The summed E-state index contributed by atoms with van der Waals surface area (Å²) < 4.78 is 22.3. The second kappa shape index (κ2) is 9.32. The van der Waals surface area contributed by atoms with Gasteiger partial charge in [-0.25, -0.2) is 0 Å². The van der Waals surface area contributed by atoms with E-state index in [0.29, 0.717) is 40.5 Å². The van der Waals surface area contributed by atoms with Crippen molar-refractivity contribution in [1.29, 1.82) is 0 Å². The monoisotopic (exact) mass is 439 g/mol. The molecule has 32 heavy (non-hydrogen) atoms. The van der Waals surface area contributed by atoms with Gasteiger partial charge in [-0.15, -0.1) is 0 Å². The minimum atomic E-state index is -0.301. The second-order valence-corrected chi connectivity index (χ2v) is 7.61. The molecule has 1 aliphatic heterocycles. The van der Waals surface area contributed by atoms with E-state index in [2.05, 4.69) is 0 Å². The predicted molar refractivity (Wildman–Crippen MR) is 118 cm³/mol. The molecular weight excluding hydrogens is 414 g/mol. The molecule has 1 aromatic heterocycles. The summed E-state index contributed by atoms with van der Waals surface area (Å²) in [7, 11) is 1.57. The third-order valence-corrected chi connectivity index (χ3v) is 5.54. The molecule has 0 unspecified atom stereocenters. The van der Waals surface area contributed by atoms with E-state index in [4.69, 9.17) is 18.6 Å². The van der Waals surface area contributed by atoms with Gasteiger partial charge in [0, 0.05) is 12.6 Å². The minimum Gasteiger partial charge on any atom is -0.497 e. The molecule has 1 saturated heterocycles. The fourth-order valence-corrected chi connectivity index (χ4v) is 3.82. The number of hydrogen-bond donors (Lipinski definition) is 1. The lowest BCUT2D eigenvalue weighted by molar-refractivity contribution is -0.134. The van der Waals surface area contributed by atoms with E-state index in [0.717, 1.165) is 12.8 Å². The predicted octanol–water partition coefficient (Wildman–Crippen LogP) is 3.26. The highest BCUT2D eigenvalue weighted by molar-refractivity contribution is 5.81. The summed E-state index contributed by atoms with van der Waals surface area (Å²) >= 11 is 0. The van der Waals surface area contributed by atoms with Crippen molar-refractivity contribution in [2.45, 2.75) is 25.8 Å². The Labute approximate surface area is 184 Å². The number of carbonyl (C=O) groups excluding carboxylic acids is 1. The number of hydrogen-bond acceptors (Lipinski definition) is 7. The molecule has 4 rings (SSSR count). The van der Waals surface area contributed by atoms with Crippen LogP contribution in [0.1, 0.15) is 18.6 Å². The van der Waals surface area contributed by atoms with Crippen LogP contribution in [-0.4, -0.2) is 48.8 Å². The highest BCUT2D eigenvalue weighted by Gasteiger charge is 2.28. The third-order valence-electron chi connectivity index (χ3n) is 5.54. The lowest BCUT2D eigenvalue weighted by Gasteiger charge is -2.22. The van der Waals surface area contributed by atoms with Gasteiger partial charge in [0.25, 0.3) is 5.91 Å². The molecule has 8 heteroatoms. The van der Waals surface area contributed by atoms with E-state index in [1.807, 2.05) is 0 Å². The summed E-state index contributed by atoms with van der Waals surface area (Å²) in [4.78, 5) is 27.0. The van der Waals surface area contributed by atoms with Gasteiger partial charge in [0.15, 0.2) is 6.61 Å². The second-order valence-electron chi connectivity index (χ2n) is 7.61. The summed E-state index contributed by atoms with van der Waals surface area (Å²) in [6.07, 6.45) is 1.67. The lowest BCUT2D eigenvalue weighted by atomic mass is 10.2. The minimum absolute atomic E-state index is 0.0485. The number of ether oxygens (including phenoxy) is 3. The Morgan fingerprint density at radius 2 is 1.88 bits per heavy atom. The number of aryl methyl sites for hydroxylation is 1. The molecule has 2 aromatic carbocycles. The molecule has 0 spiro atoms. The molecule has 1 amide bonds. The van der Waals surface area contributed by atoms with Crippen molar-refractivity contribution < 1.29 is 28.5 Å². The van der Waals surface area contributed by atoms with Gasteiger partial charge in [0.1, 0.15) is 28.6 Å². The first-order valence-corrected chi connectivity index (χ1v) is 10.4. The Balaban J connectivity index is 1.51. The van der Waals surface area contributed by atoms with Gasteiger partial charge in [-0.3, -0.25) is 9.59 Å². The molecule has 1 N–H and O–H groups in total. The quantitative estimate of drug-likeness (QED) is 0.603. The summed E-state index contributed by atoms with van der Waals surface area (Å²) in [6, 6.07) is 11.5. The number of fused-ring (bicyclic) bond motifs is 1. The molecule has 0 bridgehead atoms. The number of amides is 1. The van der Waals surface area contributed by atoms with Gasteiger partial charge in [0.05, 0.1) is 25.1 Å². The Morgan fingerprint density at radius 3 is 2.59 bits per heavy atom. The number of methoxy groups -OCH3 is 1. The molecule has 0 aliphatic carbocycles. The van der Waals surface area contributed by atoms with Gasteiger partial charge in [-0.2, -0.15) is 0 Å². The van der Waals surface area contributed by atoms with Gasteiger partial charge in [-0.1, -0.05) is 0 Å². The topological polar surface area (TPSA) is 98.4 Å². The van der Waals surface area contributed by atoms with Crippen molar-refractivity contribution >= 4 is 16.9 Å². The average Bonchev–Trinajstić information content (AvgIpc) is 3.29. The first-order chi connectivity index (χ1) is 15.5. The molecule has 2 heterocycles. The lowest BCUT2D eigenvalue weighted by Crippen LogP contribution is -2.40. The Hall–Kier alpha value is -3.52. The maximum Gasteiger partial charge on any atom is 0.260 e. The largest absolute Gasteiger partial charge is 0.497 e. The fourth-order valence-electron chi connectivity index (χ4n) is 3.82. The summed E-state index contributed by atoms with van der Waals surface area (Å²) in [6.45, 7) is 2.08. The van der Waals surface area contributed by atoms with Crippen LogP contribution in [0.3, 0.4) is 0 Å². The van der Waals surface area contributed by atoms with Crippen LogP contribution in [0.2, 0.25) is 0 Å². The highest BCUT2D eigenvalue weighted by Crippen LogP contribution is 2.28. The molecule has 0 radical (unpaired) electrons. The molecular formula is C24H25NO7. The molecule has 0 saturated carbocycles. The number of aliphatic hydroxyl groups excluding tert-OH is 1. The molecule has 8 nitrogen and oxygen atoms in total. The fraction of sp³-hybridized carbons (Fsp3) is 0.333. The molecule has 1 fully saturated rings. The summed E-state index contributed by atoms with van der Waals surface area (Å²) in [5.41, 5.74) is 0.0407. The normalized spacial score (nSPS) is 15.7.